The summed E-state index contributed by atoms with van der Waals surface area (Å²) in [7, 11) is 0. The van der Waals surface area contributed by atoms with E-state index in [1.807, 2.05) is 0 Å². The zero-order chi connectivity index (χ0) is 5.82. The fraction of sp³-hybridized carbons (Fsp3) is 0.429. The maximum absolute atomic E-state index is 2.28. The Morgan fingerprint density at radius 1 is 1.50 bits per heavy atom. The van der Waals surface area contributed by atoms with Crippen molar-refractivity contribution in [3.05, 3.63) is 22.1 Å². The van der Waals surface area contributed by atoms with Crippen LogP contribution in [0.1, 0.15) is 13.3 Å². The maximum Gasteiger partial charge on any atom is -1.00 e. The van der Waals surface area contributed by atoms with Crippen molar-refractivity contribution in [2.45, 2.75) is 18.1 Å². The third-order valence-electron chi connectivity index (χ3n) is 1.18. The topological polar surface area (TPSA) is 0 Å². The Bertz CT molecular complexity index is 130. The van der Waals surface area contributed by atoms with E-state index in [4.69, 9.17) is 0 Å². The van der Waals surface area contributed by atoms with Crippen LogP contribution in [0.5, 0.6) is 0 Å². The van der Waals surface area contributed by atoms with Gasteiger partial charge in [-0.15, -0.1) is 0 Å². The Labute approximate surface area is 83.9 Å². The molecule has 0 fully saturated rings. The van der Waals surface area contributed by atoms with Crippen LogP contribution in [0.3, 0.4) is 0 Å². The fourth-order valence-corrected chi connectivity index (χ4v) is 2.26. The second-order valence-electron chi connectivity index (χ2n) is 1.85. The molecule has 0 amide bonds. The van der Waals surface area contributed by atoms with Crippen LogP contribution in [0, 0.1) is 0 Å². The van der Waals surface area contributed by atoms with Gasteiger partial charge in [0.05, 0.1) is 0 Å². The summed E-state index contributed by atoms with van der Waals surface area (Å²) in [5, 5.41) is 0. The quantitative estimate of drug-likeness (QED) is 0.415. The van der Waals surface area contributed by atoms with Crippen LogP contribution in [0.25, 0.3) is 0 Å². The molecule has 0 nitrogen and oxygen atoms in total. The Hall–Kier alpha value is 0.774. The van der Waals surface area contributed by atoms with Crippen LogP contribution in [-0.4, -0.2) is 0 Å². The first-order valence-electron chi connectivity index (χ1n) is 3.03. The molecule has 0 aliphatic heterocycles. The molecule has 0 radical (unpaired) electrons. The molecule has 0 heterocycles. The first kappa shape index (κ1) is 13.4. The van der Waals surface area contributed by atoms with Crippen LogP contribution >= 0.6 is 0 Å². The zero-order valence-electron chi connectivity index (χ0n) is 5.90. The third-order valence-corrected chi connectivity index (χ3v) is 3.02. The molecule has 0 saturated heterocycles. The predicted octanol–water partition coefficient (Wildman–Crippen LogP) is -3.64. The second-order valence-corrected chi connectivity index (χ2v) is 4.51. The van der Waals surface area contributed by atoms with Gasteiger partial charge in [-0.2, -0.15) is 0 Å². The van der Waals surface area contributed by atoms with Crippen LogP contribution in [-0.2, 0) is 19.2 Å². The fourth-order valence-electron chi connectivity index (χ4n) is 0.805. The van der Waals surface area contributed by atoms with E-state index in [0.717, 1.165) is 0 Å². The van der Waals surface area contributed by atoms with Gasteiger partial charge in [-0.25, -0.2) is 0 Å². The van der Waals surface area contributed by atoms with Crippen molar-refractivity contribution in [2.75, 3.05) is 0 Å². The van der Waals surface area contributed by atoms with Gasteiger partial charge >= 0.3 is 59.3 Å². The SMILES string of the molecule is C[CH2][Ti+2][C]1=CC=CC1.[Cl-].[Cl-]. The van der Waals surface area contributed by atoms with Gasteiger partial charge in [-0.3, -0.25) is 0 Å². The summed E-state index contributed by atoms with van der Waals surface area (Å²) in [6.07, 6.45) is 7.96. The van der Waals surface area contributed by atoms with Gasteiger partial charge < -0.3 is 24.8 Å². The average molecular weight is 213 g/mol. The summed E-state index contributed by atoms with van der Waals surface area (Å²) in [6.45, 7) is 2.28. The molecular weight excluding hydrogens is 203 g/mol. The van der Waals surface area contributed by atoms with Gasteiger partial charge in [0.15, 0.2) is 0 Å². The molecule has 0 spiro atoms. The Morgan fingerprint density at radius 2 is 2.20 bits per heavy atom. The summed E-state index contributed by atoms with van der Waals surface area (Å²) in [4.78, 5) is 0. The zero-order valence-corrected chi connectivity index (χ0v) is 8.98. The first-order valence-corrected chi connectivity index (χ1v) is 4.91. The summed E-state index contributed by atoms with van der Waals surface area (Å²) >= 11 is 0.306. The molecular formula is C7H10Cl2Ti. The number of halogens is 2. The molecule has 56 valence electrons. The maximum atomic E-state index is 2.28. The minimum absolute atomic E-state index is 0. The van der Waals surface area contributed by atoms with E-state index in [1.54, 1.807) is 3.88 Å². The van der Waals surface area contributed by atoms with Gasteiger partial charge in [0.25, 0.3) is 0 Å². The van der Waals surface area contributed by atoms with E-state index >= 15 is 0 Å². The molecule has 1 aliphatic rings. The van der Waals surface area contributed by atoms with Crippen molar-refractivity contribution in [3.8, 4) is 0 Å². The van der Waals surface area contributed by atoms with Crippen molar-refractivity contribution in [3.63, 3.8) is 0 Å². The van der Waals surface area contributed by atoms with Crippen LogP contribution in [0.15, 0.2) is 22.1 Å². The largest absolute Gasteiger partial charge is 1.00 e. The smallest absolute Gasteiger partial charge is 1.00 e. The minimum Gasteiger partial charge on any atom is -1.00 e. The first-order chi connectivity index (χ1) is 3.93. The number of rotatable bonds is 2. The molecule has 0 aromatic rings. The molecule has 10 heavy (non-hydrogen) atoms. The normalized spacial score (nSPS) is 12.7. The molecule has 3 heteroatoms. The number of hydrogen-bond acceptors (Lipinski definition) is 0. The van der Waals surface area contributed by atoms with Gasteiger partial charge in [-0.1, -0.05) is 0 Å². The molecule has 0 unspecified atom stereocenters. The van der Waals surface area contributed by atoms with E-state index in [0.29, 0.717) is 19.2 Å². The van der Waals surface area contributed by atoms with Gasteiger partial charge in [0, 0.05) is 0 Å². The molecule has 0 N–H and O–H groups in total. The van der Waals surface area contributed by atoms with Crippen molar-refractivity contribution >= 4 is 0 Å². The van der Waals surface area contributed by atoms with Crippen LogP contribution < -0.4 is 24.8 Å². The molecule has 0 bridgehead atoms. The Morgan fingerprint density at radius 3 is 2.60 bits per heavy atom. The van der Waals surface area contributed by atoms with Gasteiger partial charge in [0.1, 0.15) is 0 Å². The standard InChI is InChI=1S/C5H5.C2H5.2ClH.Ti/c1-2-4-5-3-1;1-2;;;/h1-3H,4H2;1H2,2H3;2*1H;/q;;;;+2/p-2. The van der Waals surface area contributed by atoms with E-state index < -0.39 is 0 Å². The van der Waals surface area contributed by atoms with Crippen LogP contribution in [0.2, 0.25) is 4.73 Å². The van der Waals surface area contributed by atoms with E-state index in [1.165, 1.54) is 11.1 Å². The van der Waals surface area contributed by atoms with Crippen molar-refractivity contribution < 1.29 is 44.0 Å². The molecule has 1 aliphatic carbocycles. The van der Waals surface area contributed by atoms with Gasteiger partial charge in [-0.05, 0) is 0 Å². The Kier molecular flexibility index (Phi) is 10.5. The van der Waals surface area contributed by atoms with Gasteiger partial charge in [0.2, 0.25) is 0 Å². The van der Waals surface area contributed by atoms with E-state index in [-0.39, 0.29) is 24.8 Å². The average Bonchev–Trinajstić information content (AvgIpc) is 2.19. The van der Waals surface area contributed by atoms with Crippen molar-refractivity contribution in [1.29, 1.82) is 0 Å². The minimum atomic E-state index is 0. The molecule has 0 saturated carbocycles. The van der Waals surface area contributed by atoms with E-state index in [2.05, 4.69) is 25.2 Å². The second kappa shape index (κ2) is 7.88. The monoisotopic (exact) mass is 212 g/mol. The summed E-state index contributed by atoms with van der Waals surface area (Å²) in [5.41, 5.74) is 0. The van der Waals surface area contributed by atoms with Crippen molar-refractivity contribution in [1.82, 2.24) is 0 Å². The molecule has 0 atom stereocenters. The van der Waals surface area contributed by atoms with Crippen molar-refractivity contribution in [2.24, 2.45) is 0 Å². The summed E-state index contributed by atoms with van der Waals surface area (Å²) in [6, 6.07) is 0. The number of hydrogen-bond donors (Lipinski definition) is 0. The third kappa shape index (κ3) is 4.57. The van der Waals surface area contributed by atoms with E-state index in [9.17, 15) is 0 Å². The molecule has 0 aromatic carbocycles. The summed E-state index contributed by atoms with van der Waals surface area (Å²) < 4.78 is 3.13. The molecule has 1 rings (SSSR count). The molecule has 0 aromatic heterocycles. The number of allylic oxidation sites excluding steroid dienone is 4. The Balaban J connectivity index is 0. The summed E-state index contributed by atoms with van der Waals surface area (Å²) in [5.74, 6) is 0. The van der Waals surface area contributed by atoms with Crippen LogP contribution in [0.4, 0.5) is 0 Å². The predicted molar refractivity (Wildman–Crippen MR) is 32.3 cm³/mol.